The molecule has 2 aromatic rings. The summed E-state index contributed by atoms with van der Waals surface area (Å²) in [5, 5.41) is 1.97. The van der Waals surface area contributed by atoms with E-state index >= 15 is 0 Å². The van der Waals surface area contributed by atoms with Gasteiger partial charge < -0.3 is 10.5 Å². The van der Waals surface area contributed by atoms with Crippen molar-refractivity contribution in [1.82, 2.24) is 0 Å². The van der Waals surface area contributed by atoms with E-state index in [1.54, 1.807) is 17.4 Å². The van der Waals surface area contributed by atoms with E-state index in [0.29, 0.717) is 25.3 Å². The molecular weight excluding hydrogens is 237 g/mol. The zero-order chi connectivity index (χ0) is 12.1. The molecule has 0 unspecified atom stereocenters. The van der Waals surface area contributed by atoms with Crippen LogP contribution in [0.2, 0.25) is 0 Å². The predicted octanol–water partition coefficient (Wildman–Crippen LogP) is 2.97. The van der Waals surface area contributed by atoms with Gasteiger partial charge in [0.1, 0.15) is 6.61 Å². The second kappa shape index (κ2) is 5.80. The van der Waals surface area contributed by atoms with E-state index in [1.807, 2.05) is 23.6 Å². The highest BCUT2D eigenvalue weighted by Gasteiger charge is 2.05. The molecule has 4 heteroatoms. The minimum absolute atomic E-state index is 0.291. The van der Waals surface area contributed by atoms with Crippen molar-refractivity contribution in [2.45, 2.75) is 13.0 Å². The summed E-state index contributed by atoms with van der Waals surface area (Å²) in [7, 11) is 0. The number of nitrogens with two attached hydrogens (primary N) is 1. The Labute approximate surface area is 104 Å². The number of halogens is 1. The fourth-order valence-electron chi connectivity index (χ4n) is 1.53. The van der Waals surface area contributed by atoms with Crippen LogP contribution in [-0.4, -0.2) is 6.54 Å². The Kier molecular flexibility index (Phi) is 4.12. The van der Waals surface area contributed by atoms with Gasteiger partial charge in [0, 0.05) is 4.88 Å². The minimum Gasteiger partial charge on any atom is -0.485 e. The van der Waals surface area contributed by atoms with Crippen LogP contribution in [0.3, 0.4) is 0 Å². The van der Waals surface area contributed by atoms with Gasteiger partial charge in [0.2, 0.25) is 0 Å². The molecule has 0 bridgehead atoms. The summed E-state index contributed by atoms with van der Waals surface area (Å²) < 4.78 is 19.1. The molecule has 0 radical (unpaired) electrons. The first-order chi connectivity index (χ1) is 8.29. The van der Waals surface area contributed by atoms with Gasteiger partial charge in [-0.3, -0.25) is 0 Å². The van der Waals surface area contributed by atoms with E-state index in [0.717, 1.165) is 10.4 Å². The predicted molar refractivity (Wildman–Crippen MR) is 67.8 cm³/mol. The minimum atomic E-state index is -0.326. The van der Waals surface area contributed by atoms with Crippen molar-refractivity contribution in [3.05, 3.63) is 52.0 Å². The first kappa shape index (κ1) is 12.1. The van der Waals surface area contributed by atoms with Crippen molar-refractivity contribution >= 4 is 11.3 Å². The number of benzene rings is 1. The maximum Gasteiger partial charge on any atom is 0.165 e. The molecule has 0 atom stereocenters. The van der Waals surface area contributed by atoms with E-state index in [9.17, 15) is 4.39 Å². The third kappa shape index (κ3) is 3.28. The fourth-order valence-corrected chi connectivity index (χ4v) is 2.14. The number of thiophene rings is 1. The van der Waals surface area contributed by atoms with Gasteiger partial charge in [-0.05, 0) is 42.1 Å². The normalized spacial score (nSPS) is 10.5. The Morgan fingerprint density at radius 1 is 1.29 bits per heavy atom. The van der Waals surface area contributed by atoms with Crippen molar-refractivity contribution < 1.29 is 9.13 Å². The zero-order valence-electron chi connectivity index (χ0n) is 9.36. The van der Waals surface area contributed by atoms with Crippen LogP contribution >= 0.6 is 11.3 Å². The second-order valence-corrected chi connectivity index (χ2v) is 4.70. The lowest BCUT2D eigenvalue weighted by atomic mass is 10.1. The number of rotatable bonds is 5. The Bertz CT molecular complexity index is 470. The molecule has 2 nitrogen and oxygen atoms in total. The lowest BCUT2D eigenvalue weighted by molar-refractivity contribution is 0.293. The first-order valence-electron chi connectivity index (χ1n) is 5.43. The third-order valence-corrected chi connectivity index (χ3v) is 3.23. The standard InChI is InChI=1S/C13H14FNOS/c14-12-8-10(5-6-15)3-4-13(12)16-9-11-2-1-7-17-11/h1-4,7-8H,5-6,9,15H2. The van der Waals surface area contributed by atoms with Crippen LogP contribution in [0.5, 0.6) is 5.75 Å². The largest absolute Gasteiger partial charge is 0.485 e. The molecule has 0 aliphatic rings. The average Bonchev–Trinajstić information content (AvgIpc) is 2.81. The quantitative estimate of drug-likeness (QED) is 0.886. The molecule has 1 heterocycles. The molecule has 2 rings (SSSR count). The highest BCUT2D eigenvalue weighted by molar-refractivity contribution is 7.09. The van der Waals surface area contributed by atoms with Crippen molar-refractivity contribution in [1.29, 1.82) is 0 Å². The van der Waals surface area contributed by atoms with Gasteiger partial charge in [-0.1, -0.05) is 12.1 Å². The van der Waals surface area contributed by atoms with Gasteiger partial charge in [0.25, 0.3) is 0 Å². The highest BCUT2D eigenvalue weighted by Crippen LogP contribution is 2.20. The molecule has 90 valence electrons. The number of ether oxygens (including phenoxy) is 1. The molecule has 1 aromatic carbocycles. The summed E-state index contributed by atoms with van der Waals surface area (Å²) >= 11 is 1.60. The van der Waals surface area contributed by atoms with Crippen LogP contribution in [0, 0.1) is 5.82 Å². The second-order valence-electron chi connectivity index (χ2n) is 3.67. The summed E-state index contributed by atoms with van der Waals surface area (Å²) in [4.78, 5) is 1.08. The molecule has 1 aromatic heterocycles. The van der Waals surface area contributed by atoms with E-state index in [2.05, 4.69) is 0 Å². The monoisotopic (exact) mass is 251 g/mol. The smallest absolute Gasteiger partial charge is 0.165 e. The number of hydrogen-bond acceptors (Lipinski definition) is 3. The van der Waals surface area contributed by atoms with E-state index in [-0.39, 0.29) is 5.82 Å². The van der Waals surface area contributed by atoms with Crippen LogP contribution < -0.4 is 10.5 Å². The summed E-state index contributed by atoms with van der Waals surface area (Å²) in [6.45, 7) is 0.930. The van der Waals surface area contributed by atoms with Crippen LogP contribution in [0.25, 0.3) is 0 Å². The van der Waals surface area contributed by atoms with E-state index < -0.39 is 0 Å². The average molecular weight is 251 g/mol. The Hall–Kier alpha value is -1.39. The van der Waals surface area contributed by atoms with Gasteiger partial charge in [-0.15, -0.1) is 11.3 Å². The van der Waals surface area contributed by atoms with E-state index in [4.69, 9.17) is 10.5 Å². The molecule has 0 amide bonds. The van der Waals surface area contributed by atoms with Crippen LogP contribution in [-0.2, 0) is 13.0 Å². The molecule has 0 aliphatic heterocycles. The first-order valence-corrected chi connectivity index (χ1v) is 6.31. The highest BCUT2D eigenvalue weighted by atomic mass is 32.1. The van der Waals surface area contributed by atoms with Crippen molar-refractivity contribution in [2.24, 2.45) is 5.73 Å². The maximum atomic E-state index is 13.6. The topological polar surface area (TPSA) is 35.2 Å². The van der Waals surface area contributed by atoms with Gasteiger partial charge in [-0.25, -0.2) is 4.39 Å². The molecule has 0 saturated carbocycles. The number of hydrogen-bond donors (Lipinski definition) is 1. The summed E-state index contributed by atoms with van der Waals surface area (Å²) in [6, 6.07) is 8.90. The molecule has 0 saturated heterocycles. The van der Waals surface area contributed by atoms with Gasteiger partial charge in [0.15, 0.2) is 11.6 Å². The van der Waals surface area contributed by atoms with Crippen molar-refractivity contribution in [3.8, 4) is 5.75 Å². The fraction of sp³-hybridized carbons (Fsp3) is 0.231. The Morgan fingerprint density at radius 2 is 2.18 bits per heavy atom. The maximum absolute atomic E-state index is 13.6. The van der Waals surface area contributed by atoms with Crippen molar-refractivity contribution in [3.63, 3.8) is 0 Å². The molecule has 0 fully saturated rings. The van der Waals surface area contributed by atoms with Gasteiger partial charge in [-0.2, -0.15) is 0 Å². The lowest BCUT2D eigenvalue weighted by Crippen LogP contribution is -2.03. The summed E-state index contributed by atoms with van der Waals surface area (Å²) in [5.74, 6) is -0.0355. The van der Waals surface area contributed by atoms with Crippen LogP contribution in [0.4, 0.5) is 4.39 Å². The van der Waals surface area contributed by atoms with Crippen LogP contribution in [0.1, 0.15) is 10.4 Å². The SMILES string of the molecule is NCCc1ccc(OCc2cccs2)c(F)c1. The molecule has 17 heavy (non-hydrogen) atoms. The van der Waals surface area contributed by atoms with Crippen molar-refractivity contribution in [2.75, 3.05) is 6.54 Å². The van der Waals surface area contributed by atoms with Gasteiger partial charge >= 0.3 is 0 Å². The molecule has 2 N–H and O–H groups in total. The van der Waals surface area contributed by atoms with Crippen LogP contribution in [0.15, 0.2) is 35.7 Å². The zero-order valence-corrected chi connectivity index (χ0v) is 10.2. The summed E-state index contributed by atoms with van der Waals surface area (Å²) in [5.41, 5.74) is 6.32. The lowest BCUT2D eigenvalue weighted by Gasteiger charge is -2.07. The van der Waals surface area contributed by atoms with Gasteiger partial charge in [0.05, 0.1) is 0 Å². The molecule has 0 spiro atoms. The Balaban J connectivity index is 2.01. The van der Waals surface area contributed by atoms with E-state index in [1.165, 1.54) is 6.07 Å². The molecule has 0 aliphatic carbocycles. The molecular formula is C13H14FNOS. The third-order valence-electron chi connectivity index (χ3n) is 2.38. The summed E-state index contributed by atoms with van der Waals surface area (Å²) in [6.07, 6.45) is 0.683. The Morgan fingerprint density at radius 3 is 2.82 bits per heavy atom.